The smallest absolute Gasteiger partial charge is 0.0761 e. The summed E-state index contributed by atoms with van der Waals surface area (Å²) in [7, 11) is 0. The molecule has 15 heavy (non-hydrogen) atoms. The lowest BCUT2D eigenvalue weighted by atomic mass is 9.99. The maximum atomic E-state index is 9.97. The molecule has 1 fully saturated rings. The van der Waals surface area contributed by atoms with E-state index in [9.17, 15) is 5.11 Å². The largest absolute Gasteiger partial charge is 0.391 e. The summed E-state index contributed by atoms with van der Waals surface area (Å²) in [5, 5.41) is 9.97. The van der Waals surface area contributed by atoms with Gasteiger partial charge in [-0.3, -0.25) is 0 Å². The molecule has 2 rings (SSSR count). The maximum Gasteiger partial charge on any atom is 0.0761 e. The summed E-state index contributed by atoms with van der Waals surface area (Å²) in [6, 6.07) is 5.55. The first-order chi connectivity index (χ1) is 7.09. The molecule has 0 unspecified atom stereocenters. The first kappa shape index (κ1) is 11.6. The number of nitrogens with two attached hydrogens (primary N) is 1. The minimum Gasteiger partial charge on any atom is -0.391 e. The summed E-state index contributed by atoms with van der Waals surface area (Å²) in [5.41, 5.74) is 7.01. The van der Waals surface area contributed by atoms with Gasteiger partial charge in [0.2, 0.25) is 0 Å². The normalized spacial score (nSPS) is 20.0. The molecule has 0 heterocycles. The van der Waals surface area contributed by atoms with Gasteiger partial charge in [0.05, 0.1) is 12.1 Å². The predicted octanol–water partition coefficient (Wildman–Crippen LogP) is 2.98. The second-order valence-electron chi connectivity index (χ2n) is 4.02. The van der Waals surface area contributed by atoms with E-state index in [1.807, 2.05) is 18.2 Å². The van der Waals surface area contributed by atoms with E-state index in [-0.39, 0.29) is 6.04 Å². The molecular weight excluding hydrogens is 322 g/mol. The van der Waals surface area contributed by atoms with E-state index in [2.05, 4.69) is 31.9 Å². The van der Waals surface area contributed by atoms with Crippen LogP contribution >= 0.6 is 31.9 Å². The maximum absolute atomic E-state index is 9.97. The Labute approximate surface area is 106 Å². The molecule has 4 heteroatoms. The van der Waals surface area contributed by atoms with Crippen molar-refractivity contribution in [3.05, 3.63) is 32.7 Å². The van der Waals surface area contributed by atoms with E-state index < -0.39 is 6.10 Å². The standard InChI is InChI=1S/C11H13Br2NO/c12-7-3-4-9(13)8(5-7)10(14)11(15)6-1-2-6/h3-6,10-11,15H,1-2,14H2/t10-,11+/m0/s1. The van der Waals surface area contributed by atoms with Gasteiger partial charge in [0, 0.05) is 8.95 Å². The van der Waals surface area contributed by atoms with Crippen molar-refractivity contribution in [2.24, 2.45) is 11.7 Å². The van der Waals surface area contributed by atoms with Crippen LogP contribution in [-0.4, -0.2) is 11.2 Å². The third kappa shape index (κ3) is 2.61. The molecule has 1 aliphatic rings. The first-order valence-corrected chi connectivity index (χ1v) is 6.57. The number of aliphatic hydroxyl groups excluding tert-OH is 1. The van der Waals surface area contributed by atoms with Crippen LogP contribution in [0, 0.1) is 5.92 Å². The van der Waals surface area contributed by atoms with Crippen LogP contribution in [0.3, 0.4) is 0 Å². The molecule has 1 aliphatic carbocycles. The molecular formula is C11H13Br2NO. The van der Waals surface area contributed by atoms with Crippen molar-refractivity contribution in [2.75, 3.05) is 0 Å². The van der Waals surface area contributed by atoms with Crippen molar-refractivity contribution in [2.45, 2.75) is 25.0 Å². The van der Waals surface area contributed by atoms with Crippen LogP contribution in [0.4, 0.5) is 0 Å². The summed E-state index contributed by atoms with van der Waals surface area (Å²) in [6.45, 7) is 0. The predicted molar refractivity (Wildman–Crippen MR) is 67.5 cm³/mol. The lowest BCUT2D eigenvalue weighted by Gasteiger charge is -2.20. The zero-order chi connectivity index (χ0) is 11.0. The van der Waals surface area contributed by atoms with E-state index in [1.165, 1.54) is 0 Å². The van der Waals surface area contributed by atoms with Gasteiger partial charge in [0.15, 0.2) is 0 Å². The summed E-state index contributed by atoms with van der Waals surface area (Å²) in [6.07, 6.45) is 1.77. The fraction of sp³-hybridized carbons (Fsp3) is 0.455. The van der Waals surface area contributed by atoms with Gasteiger partial charge in [0.1, 0.15) is 0 Å². The minimum atomic E-state index is -0.421. The molecule has 0 bridgehead atoms. The summed E-state index contributed by atoms with van der Waals surface area (Å²) in [5.74, 6) is 0.394. The van der Waals surface area contributed by atoms with E-state index in [0.717, 1.165) is 27.4 Å². The van der Waals surface area contributed by atoms with Crippen LogP contribution in [0.2, 0.25) is 0 Å². The molecule has 0 amide bonds. The number of hydrogen-bond donors (Lipinski definition) is 2. The van der Waals surface area contributed by atoms with Gasteiger partial charge in [-0.25, -0.2) is 0 Å². The summed E-state index contributed by atoms with van der Waals surface area (Å²) >= 11 is 6.87. The van der Waals surface area contributed by atoms with Crippen molar-refractivity contribution in [1.82, 2.24) is 0 Å². The van der Waals surface area contributed by atoms with Gasteiger partial charge in [-0.05, 0) is 42.5 Å². The van der Waals surface area contributed by atoms with Crippen LogP contribution < -0.4 is 5.73 Å². The Balaban J connectivity index is 2.23. The quantitative estimate of drug-likeness (QED) is 0.892. The second-order valence-corrected chi connectivity index (χ2v) is 5.79. The second kappa shape index (κ2) is 4.53. The monoisotopic (exact) mass is 333 g/mol. The van der Waals surface area contributed by atoms with Crippen molar-refractivity contribution < 1.29 is 5.11 Å². The van der Waals surface area contributed by atoms with Gasteiger partial charge < -0.3 is 10.8 Å². The molecule has 1 aromatic carbocycles. The highest BCUT2D eigenvalue weighted by Crippen LogP contribution is 2.39. The number of hydrogen-bond acceptors (Lipinski definition) is 2. The molecule has 1 aromatic rings. The molecule has 2 atom stereocenters. The number of rotatable bonds is 3. The lowest BCUT2D eigenvalue weighted by Crippen LogP contribution is -2.28. The van der Waals surface area contributed by atoms with Crippen molar-refractivity contribution >= 4 is 31.9 Å². The van der Waals surface area contributed by atoms with Gasteiger partial charge in [0.25, 0.3) is 0 Å². The topological polar surface area (TPSA) is 46.2 Å². The van der Waals surface area contributed by atoms with Crippen LogP contribution in [0.1, 0.15) is 24.4 Å². The van der Waals surface area contributed by atoms with Crippen LogP contribution in [0.15, 0.2) is 27.1 Å². The van der Waals surface area contributed by atoms with Crippen LogP contribution in [0.25, 0.3) is 0 Å². The molecule has 0 aromatic heterocycles. The Morgan fingerprint density at radius 1 is 1.33 bits per heavy atom. The van der Waals surface area contributed by atoms with Crippen molar-refractivity contribution in [3.63, 3.8) is 0 Å². The SMILES string of the molecule is N[C@@H](c1cc(Br)ccc1Br)[C@H](O)C1CC1. The Morgan fingerprint density at radius 3 is 2.60 bits per heavy atom. The fourth-order valence-corrected chi connectivity index (χ4v) is 2.57. The van der Waals surface area contributed by atoms with Crippen LogP contribution in [-0.2, 0) is 0 Å². The van der Waals surface area contributed by atoms with E-state index in [1.54, 1.807) is 0 Å². The Hall–Kier alpha value is 0.1000. The number of benzene rings is 1. The molecule has 1 saturated carbocycles. The van der Waals surface area contributed by atoms with E-state index in [4.69, 9.17) is 5.73 Å². The highest BCUT2D eigenvalue weighted by molar-refractivity contribution is 9.11. The van der Waals surface area contributed by atoms with Gasteiger partial charge in [-0.15, -0.1) is 0 Å². The molecule has 0 spiro atoms. The molecule has 82 valence electrons. The average Bonchev–Trinajstić information content (AvgIpc) is 3.03. The molecule has 0 saturated heterocycles. The highest BCUT2D eigenvalue weighted by atomic mass is 79.9. The number of aliphatic hydroxyl groups is 1. The van der Waals surface area contributed by atoms with Gasteiger partial charge >= 0.3 is 0 Å². The van der Waals surface area contributed by atoms with E-state index in [0.29, 0.717) is 5.92 Å². The van der Waals surface area contributed by atoms with E-state index >= 15 is 0 Å². The third-order valence-corrected chi connectivity index (χ3v) is 4.01. The minimum absolute atomic E-state index is 0.302. The Morgan fingerprint density at radius 2 is 2.00 bits per heavy atom. The molecule has 0 radical (unpaired) electrons. The number of halogens is 2. The van der Waals surface area contributed by atoms with Crippen molar-refractivity contribution in [1.29, 1.82) is 0 Å². The van der Waals surface area contributed by atoms with Crippen LogP contribution in [0.5, 0.6) is 0 Å². The summed E-state index contributed by atoms with van der Waals surface area (Å²) < 4.78 is 1.94. The average molecular weight is 335 g/mol. The highest BCUT2D eigenvalue weighted by Gasteiger charge is 2.34. The Kier molecular flexibility index (Phi) is 3.50. The van der Waals surface area contributed by atoms with Gasteiger partial charge in [-0.1, -0.05) is 31.9 Å². The van der Waals surface area contributed by atoms with Gasteiger partial charge in [-0.2, -0.15) is 0 Å². The zero-order valence-corrected chi connectivity index (χ0v) is 11.3. The zero-order valence-electron chi connectivity index (χ0n) is 8.16. The third-order valence-electron chi connectivity index (χ3n) is 2.79. The lowest BCUT2D eigenvalue weighted by molar-refractivity contribution is 0.122. The first-order valence-electron chi connectivity index (χ1n) is 4.98. The molecule has 2 nitrogen and oxygen atoms in total. The van der Waals surface area contributed by atoms with Crippen molar-refractivity contribution in [3.8, 4) is 0 Å². The Bertz CT molecular complexity index is 366. The fourth-order valence-electron chi connectivity index (χ4n) is 1.68. The molecule has 3 N–H and O–H groups in total. The summed E-state index contributed by atoms with van der Waals surface area (Å²) in [4.78, 5) is 0. The molecule has 0 aliphatic heterocycles.